The number of hydrogen-bond acceptors (Lipinski definition) is 5. The number of aromatic nitrogens is 2. The molecular formula is C15H15N3S2. The van der Waals surface area contributed by atoms with Gasteiger partial charge in [-0.05, 0) is 36.4 Å². The van der Waals surface area contributed by atoms with Crippen LogP contribution in [0.15, 0.2) is 46.9 Å². The molecule has 0 saturated heterocycles. The van der Waals surface area contributed by atoms with Crippen LogP contribution in [-0.4, -0.2) is 16.0 Å². The molecule has 3 aromatic rings. The van der Waals surface area contributed by atoms with Crippen molar-refractivity contribution < 1.29 is 0 Å². The van der Waals surface area contributed by atoms with Crippen molar-refractivity contribution in [1.82, 2.24) is 9.97 Å². The highest BCUT2D eigenvalue weighted by molar-refractivity contribution is 7.80. The molecule has 1 N–H and O–H groups in total. The Morgan fingerprint density at radius 1 is 1.25 bits per heavy atom. The van der Waals surface area contributed by atoms with E-state index in [0.717, 1.165) is 27.4 Å². The maximum absolute atomic E-state index is 4.50. The molecule has 0 fully saturated rings. The highest BCUT2D eigenvalue weighted by Crippen LogP contribution is 2.25. The first kappa shape index (κ1) is 13.4. The summed E-state index contributed by atoms with van der Waals surface area (Å²) in [6, 6.07) is 10.5. The molecule has 1 aromatic carbocycles. The van der Waals surface area contributed by atoms with E-state index >= 15 is 0 Å². The van der Waals surface area contributed by atoms with E-state index < -0.39 is 0 Å². The molecule has 2 aromatic heterocycles. The van der Waals surface area contributed by atoms with E-state index in [4.69, 9.17) is 0 Å². The summed E-state index contributed by atoms with van der Waals surface area (Å²) < 4.78 is 0. The number of nitrogens with one attached hydrogen (secondary N) is 1. The maximum atomic E-state index is 4.50. The topological polar surface area (TPSA) is 37.8 Å². The molecule has 0 aliphatic heterocycles. The first-order chi connectivity index (χ1) is 9.74. The second-order valence-corrected chi connectivity index (χ2v) is 6.12. The first-order valence-electron chi connectivity index (χ1n) is 6.45. The van der Waals surface area contributed by atoms with Crippen molar-refractivity contribution >= 4 is 40.0 Å². The number of thiol groups is 1. The van der Waals surface area contributed by atoms with E-state index in [0.29, 0.717) is 0 Å². The predicted molar refractivity (Wildman–Crippen MR) is 87.9 cm³/mol. The van der Waals surface area contributed by atoms with Crippen LogP contribution in [0.4, 0.5) is 5.82 Å². The fraction of sp³-hybridized carbons (Fsp3) is 0.200. The van der Waals surface area contributed by atoms with E-state index in [1.807, 2.05) is 23.6 Å². The largest absolute Gasteiger partial charge is 0.367 e. The molecule has 2 heterocycles. The van der Waals surface area contributed by atoms with Crippen LogP contribution in [0.3, 0.4) is 0 Å². The van der Waals surface area contributed by atoms with Gasteiger partial charge in [0.1, 0.15) is 17.0 Å². The molecule has 0 spiro atoms. The summed E-state index contributed by atoms with van der Waals surface area (Å²) in [6.07, 6.45) is 2.52. The molecule has 102 valence electrons. The van der Waals surface area contributed by atoms with E-state index in [-0.39, 0.29) is 6.04 Å². The van der Waals surface area contributed by atoms with Crippen molar-refractivity contribution in [2.45, 2.75) is 24.3 Å². The van der Waals surface area contributed by atoms with E-state index in [9.17, 15) is 0 Å². The minimum absolute atomic E-state index is 0.279. The van der Waals surface area contributed by atoms with Crippen LogP contribution in [0.5, 0.6) is 0 Å². The maximum Gasteiger partial charge on any atom is 0.138 e. The van der Waals surface area contributed by atoms with Crippen LogP contribution < -0.4 is 5.32 Å². The van der Waals surface area contributed by atoms with Gasteiger partial charge in [0.15, 0.2) is 0 Å². The molecule has 1 unspecified atom stereocenters. The van der Waals surface area contributed by atoms with E-state index in [1.165, 1.54) is 5.56 Å². The van der Waals surface area contributed by atoms with Crippen LogP contribution in [0.25, 0.3) is 10.2 Å². The molecule has 0 amide bonds. The number of rotatable bonds is 4. The normalized spacial score (nSPS) is 12.5. The lowest BCUT2D eigenvalue weighted by Crippen LogP contribution is -2.19. The summed E-state index contributed by atoms with van der Waals surface area (Å²) in [5, 5.41) is 6.59. The van der Waals surface area contributed by atoms with Crippen molar-refractivity contribution in [3.05, 3.63) is 47.6 Å². The smallest absolute Gasteiger partial charge is 0.138 e. The van der Waals surface area contributed by atoms with Crippen LogP contribution in [0, 0.1) is 0 Å². The highest BCUT2D eigenvalue weighted by atomic mass is 32.1. The van der Waals surface area contributed by atoms with E-state index in [1.54, 1.807) is 17.7 Å². The van der Waals surface area contributed by atoms with Gasteiger partial charge in [-0.15, -0.1) is 24.0 Å². The van der Waals surface area contributed by atoms with Gasteiger partial charge in [0, 0.05) is 10.9 Å². The third-order valence-electron chi connectivity index (χ3n) is 3.16. The second-order valence-electron chi connectivity index (χ2n) is 4.74. The van der Waals surface area contributed by atoms with Crippen LogP contribution in [0.1, 0.15) is 12.5 Å². The zero-order chi connectivity index (χ0) is 13.9. The SMILES string of the molecule is CC(Cc1ccccc1S)Nc1ncnc2sccc12. The molecule has 20 heavy (non-hydrogen) atoms. The van der Waals surface area contributed by atoms with Gasteiger partial charge < -0.3 is 5.32 Å². The Labute approximate surface area is 127 Å². The Morgan fingerprint density at radius 2 is 2.10 bits per heavy atom. The number of anilines is 1. The molecule has 3 rings (SSSR count). The van der Waals surface area contributed by atoms with Gasteiger partial charge >= 0.3 is 0 Å². The lowest BCUT2D eigenvalue weighted by molar-refractivity contribution is 0.775. The average molecular weight is 301 g/mol. The molecule has 0 aliphatic rings. The molecule has 0 radical (unpaired) electrons. The standard InChI is InChI=1S/C15H15N3S2/c1-10(8-11-4-2-3-5-13(11)19)18-14-12-6-7-20-15(12)17-9-16-14/h2-7,9-10,19H,8H2,1H3,(H,16,17,18). The zero-order valence-corrected chi connectivity index (χ0v) is 12.8. The van der Waals surface area contributed by atoms with Gasteiger partial charge in [-0.25, -0.2) is 9.97 Å². The summed E-state index contributed by atoms with van der Waals surface area (Å²) in [6.45, 7) is 2.15. The first-order valence-corrected chi connectivity index (χ1v) is 7.78. The van der Waals surface area contributed by atoms with Crippen LogP contribution in [0.2, 0.25) is 0 Å². The summed E-state index contributed by atoms with van der Waals surface area (Å²) >= 11 is 6.13. The van der Waals surface area contributed by atoms with Gasteiger partial charge in [-0.2, -0.15) is 0 Å². The van der Waals surface area contributed by atoms with Crippen LogP contribution in [-0.2, 0) is 6.42 Å². The third kappa shape index (κ3) is 2.78. The van der Waals surface area contributed by atoms with Crippen molar-refractivity contribution in [3.63, 3.8) is 0 Å². The summed E-state index contributed by atoms with van der Waals surface area (Å²) in [5.41, 5.74) is 1.24. The Kier molecular flexibility index (Phi) is 3.89. The van der Waals surface area contributed by atoms with Crippen molar-refractivity contribution in [2.24, 2.45) is 0 Å². The lowest BCUT2D eigenvalue weighted by atomic mass is 10.1. The Morgan fingerprint density at radius 3 is 2.95 bits per heavy atom. The monoisotopic (exact) mass is 301 g/mol. The van der Waals surface area contributed by atoms with Crippen molar-refractivity contribution in [3.8, 4) is 0 Å². The quantitative estimate of drug-likeness (QED) is 0.715. The summed E-state index contributed by atoms with van der Waals surface area (Å²) in [5.74, 6) is 0.903. The molecule has 1 atom stereocenters. The summed E-state index contributed by atoms with van der Waals surface area (Å²) in [4.78, 5) is 10.7. The zero-order valence-electron chi connectivity index (χ0n) is 11.1. The third-order valence-corrected chi connectivity index (χ3v) is 4.42. The molecule has 0 bridgehead atoms. The number of nitrogens with zero attached hydrogens (tertiary/aromatic N) is 2. The van der Waals surface area contributed by atoms with Gasteiger partial charge in [0.05, 0.1) is 5.39 Å². The highest BCUT2D eigenvalue weighted by Gasteiger charge is 2.10. The second kappa shape index (κ2) is 5.81. The number of fused-ring (bicyclic) bond motifs is 1. The Balaban J connectivity index is 1.78. The summed E-state index contributed by atoms with van der Waals surface area (Å²) in [7, 11) is 0. The fourth-order valence-corrected chi connectivity index (χ4v) is 3.19. The van der Waals surface area contributed by atoms with Crippen molar-refractivity contribution in [1.29, 1.82) is 0 Å². The fourth-order valence-electron chi connectivity index (χ4n) is 2.20. The lowest BCUT2D eigenvalue weighted by Gasteiger charge is -2.16. The van der Waals surface area contributed by atoms with Gasteiger partial charge in [-0.1, -0.05) is 18.2 Å². The number of benzene rings is 1. The average Bonchev–Trinajstić information content (AvgIpc) is 2.91. The Bertz CT molecular complexity index is 724. The number of hydrogen-bond donors (Lipinski definition) is 2. The van der Waals surface area contributed by atoms with Crippen molar-refractivity contribution in [2.75, 3.05) is 5.32 Å². The van der Waals surface area contributed by atoms with Crippen LogP contribution >= 0.6 is 24.0 Å². The van der Waals surface area contributed by atoms with Gasteiger partial charge in [0.2, 0.25) is 0 Å². The minimum Gasteiger partial charge on any atom is -0.367 e. The van der Waals surface area contributed by atoms with Gasteiger partial charge in [0.25, 0.3) is 0 Å². The molecule has 0 aliphatic carbocycles. The Hall–Kier alpha value is -1.59. The molecule has 3 nitrogen and oxygen atoms in total. The molecule has 5 heteroatoms. The molecular weight excluding hydrogens is 286 g/mol. The minimum atomic E-state index is 0.279. The number of thiophene rings is 1. The predicted octanol–water partition coefficient (Wildman–Crippen LogP) is 4.02. The molecule has 0 saturated carbocycles. The van der Waals surface area contributed by atoms with E-state index in [2.05, 4.69) is 47.0 Å². The van der Waals surface area contributed by atoms with Gasteiger partial charge in [-0.3, -0.25) is 0 Å².